The van der Waals surface area contributed by atoms with Crippen molar-refractivity contribution in [2.24, 2.45) is 0 Å². The molecule has 3 aromatic heterocycles. The molecule has 0 aliphatic carbocycles. The van der Waals surface area contributed by atoms with Crippen molar-refractivity contribution in [2.75, 3.05) is 24.7 Å². The topological polar surface area (TPSA) is 171 Å². The van der Waals surface area contributed by atoms with Gasteiger partial charge in [0, 0.05) is 17.3 Å². The first-order chi connectivity index (χ1) is 17.3. The van der Waals surface area contributed by atoms with Gasteiger partial charge in [-0.1, -0.05) is 0 Å². The van der Waals surface area contributed by atoms with Gasteiger partial charge >= 0.3 is 0 Å². The van der Waals surface area contributed by atoms with Crippen molar-refractivity contribution in [1.29, 1.82) is 5.41 Å². The molecule has 36 heavy (non-hydrogen) atoms. The molecule has 0 radical (unpaired) electrons. The van der Waals surface area contributed by atoms with E-state index in [0.29, 0.717) is 35.9 Å². The van der Waals surface area contributed by atoms with E-state index >= 15 is 0 Å². The van der Waals surface area contributed by atoms with Crippen molar-refractivity contribution in [3.8, 4) is 11.3 Å². The zero-order valence-corrected chi connectivity index (χ0v) is 20.5. The number of hydrogen-bond acceptors (Lipinski definition) is 9. The lowest BCUT2D eigenvalue weighted by Gasteiger charge is -2.14. The minimum atomic E-state index is -0.461. The molecular formula is C24H28N9O3+. The second-order valence-corrected chi connectivity index (χ2v) is 8.31. The van der Waals surface area contributed by atoms with Crippen LogP contribution in [0.1, 0.15) is 41.2 Å². The summed E-state index contributed by atoms with van der Waals surface area (Å²) in [5.41, 5.74) is 4.67. The monoisotopic (exact) mass is 490 g/mol. The summed E-state index contributed by atoms with van der Waals surface area (Å²) in [6.45, 7) is 4.29. The van der Waals surface area contributed by atoms with Crippen LogP contribution in [-0.4, -0.2) is 57.6 Å². The number of carbonyl (C=O) groups excluding carboxylic acids is 2. The Kier molecular flexibility index (Phi) is 7.38. The first-order valence-electron chi connectivity index (χ1n) is 11.4. The molecule has 4 rings (SSSR count). The SMILES string of the molecule is CNC(C)C(=O)Nc1cc(-c2ncnc(C(C)=N)c2[NH2+]C)cc(NC(=O)c2cc3c(cn2)COC3)n1. The first-order valence-corrected chi connectivity index (χ1v) is 11.4. The third-order valence-corrected chi connectivity index (χ3v) is 5.78. The van der Waals surface area contributed by atoms with Crippen LogP contribution in [0.25, 0.3) is 11.3 Å². The molecule has 186 valence electrons. The molecule has 12 nitrogen and oxygen atoms in total. The molecular weight excluding hydrogens is 462 g/mol. The highest BCUT2D eigenvalue weighted by Crippen LogP contribution is 2.29. The van der Waals surface area contributed by atoms with Gasteiger partial charge in [0.05, 0.1) is 32.0 Å². The Balaban J connectivity index is 1.74. The predicted molar refractivity (Wildman–Crippen MR) is 133 cm³/mol. The molecule has 0 spiro atoms. The van der Waals surface area contributed by atoms with Crippen molar-refractivity contribution in [3.63, 3.8) is 0 Å². The van der Waals surface area contributed by atoms with Gasteiger partial charge in [-0.05, 0) is 44.7 Å². The number of quaternary nitrogens is 1. The lowest BCUT2D eigenvalue weighted by Crippen LogP contribution is -2.73. The molecule has 2 amide bonds. The van der Waals surface area contributed by atoms with E-state index in [4.69, 9.17) is 10.1 Å². The van der Waals surface area contributed by atoms with E-state index in [0.717, 1.165) is 11.1 Å². The summed E-state index contributed by atoms with van der Waals surface area (Å²) in [7, 11) is 3.51. The summed E-state index contributed by atoms with van der Waals surface area (Å²) >= 11 is 0. The average molecular weight is 491 g/mol. The van der Waals surface area contributed by atoms with E-state index in [1.807, 2.05) is 12.4 Å². The van der Waals surface area contributed by atoms with Gasteiger partial charge in [0.25, 0.3) is 5.91 Å². The number of ether oxygens (including phenoxy) is 1. The van der Waals surface area contributed by atoms with Crippen molar-refractivity contribution in [2.45, 2.75) is 33.1 Å². The lowest BCUT2D eigenvalue weighted by molar-refractivity contribution is -0.539. The number of likely N-dealkylation sites (N-methyl/N-ethyl adjacent to an activating group) is 1. The molecule has 0 aromatic carbocycles. The van der Waals surface area contributed by atoms with Gasteiger partial charge in [0.15, 0.2) is 5.69 Å². The molecule has 12 heteroatoms. The van der Waals surface area contributed by atoms with Crippen molar-refractivity contribution < 1.29 is 19.6 Å². The number of hydrogen-bond donors (Lipinski definition) is 5. The number of carbonyl (C=O) groups is 2. The number of anilines is 2. The summed E-state index contributed by atoms with van der Waals surface area (Å²) < 4.78 is 5.40. The van der Waals surface area contributed by atoms with Crippen LogP contribution in [0.15, 0.2) is 30.7 Å². The highest BCUT2D eigenvalue weighted by atomic mass is 16.5. The molecule has 0 saturated carbocycles. The number of amides is 2. The van der Waals surface area contributed by atoms with E-state index in [1.54, 1.807) is 45.3 Å². The molecule has 4 heterocycles. The third-order valence-electron chi connectivity index (χ3n) is 5.78. The minimum Gasteiger partial charge on any atom is -0.372 e. The van der Waals surface area contributed by atoms with Gasteiger partial charge in [-0.2, -0.15) is 0 Å². The molecule has 1 unspecified atom stereocenters. The van der Waals surface area contributed by atoms with Gasteiger partial charge in [-0.25, -0.2) is 15.0 Å². The van der Waals surface area contributed by atoms with E-state index in [-0.39, 0.29) is 28.9 Å². The van der Waals surface area contributed by atoms with Crippen LogP contribution in [0.2, 0.25) is 0 Å². The number of fused-ring (bicyclic) bond motifs is 1. The highest BCUT2D eigenvalue weighted by Gasteiger charge is 2.21. The minimum absolute atomic E-state index is 0.206. The standard InChI is InChI=1S/C24H27N9O3/c1-12(25)20-22(27-4)21(30-11-29-20)14-6-18(32-23(34)13(2)26-3)31-19(7-14)33-24(35)17-5-15-9-36-10-16(15)8-28-17/h5-8,11,13,25-27H,9-10H2,1-4H3,(H2,31,32,33,34,35)/p+1. The van der Waals surface area contributed by atoms with Crippen LogP contribution in [0.4, 0.5) is 17.3 Å². The van der Waals surface area contributed by atoms with E-state index in [1.165, 1.54) is 6.33 Å². The first kappa shape index (κ1) is 25.0. The number of pyridine rings is 2. The fourth-order valence-corrected chi connectivity index (χ4v) is 3.72. The summed E-state index contributed by atoms with van der Waals surface area (Å²) in [5.74, 6) is -0.298. The Bertz CT molecular complexity index is 1340. The summed E-state index contributed by atoms with van der Waals surface area (Å²) in [6, 6.07) is 4.56. The van der Waals surface area contributed by atoms with Crippen molar-refractivity contribution >= 4 is 34.8 Å². The fraction of sp³-hybridized carbons (Fsp3) is 0.292. The molecule has 0 bridgehead atoms. The van der Waals surface area contributed by atoms with E-state index in [2.05, 4.69) is 35.9 Å². The number of nitrogens with two attached hydrogens (primary N) is 1. The number of nitrogens with zero attached hydrogens (tertiary/aromatic N) is 4. The second kappa shape index (κ2) is 10.6. The maximum atomic E-state index is 13.0. The van der Waals surface area contributed by atoms with Gasteiger partial charge < -0.3 is 31.4 Å². The number of aromatic nitrogens is 4. The number of rotatable bonds is 8. The quantitative estimate of drug-likeness (QED) is 0.291. The molecule has 0 fully saturated rings. The van der Waals surface area contributed by atoms with Crippen LogP contribution < -0.4 is 21.3 Å². The molecule has 1 atom stereocenters. The van der Waals surface area contributed by atoms with E-state index < -0.39 is 11.9 Å². The Labute approximate surface area is 207 Å². The normalized spacial score (nSPS) is 13.1. The fourth-order valence-electron chi connectivity index (χ4n) is 3.72. The predicted octanol–water partition coefficient (Wildman–Crippen LogP) is 0.975. The smallest absolute Gasteiger partial charge is 0.275 e. The van der Waals surface area contributed by atoms with Crippen LogP contribution in [0.5, 0.6) is 0 Å². The Morgan fingerprint density at radius 2 is 1.81 bits per heavy atom. The van der Waals surface area contributed by atoms with E-state index in [9.17, 15) is 9.59 Å². The Morgan fingerprint density at radius 1 is 1.08 bits per heavy atom. The molecule has 3 aromatic rings. The van der Waals surface area contributed by atoms with Crippen molar-refractivity contribution in [1.82, 2.24) is 25.3 Å². The van der Waals surface area contributed by atoms with Gasteiger partial charge in [-0.15, -0.1) is 0 Å². The zero-order valence-electron chi connectivity index (χ0n) is 20.5. The summed E-state index contributed by atoms with van der Waals surface area (Å²) in [4.78, 5) is 42.9. The maximum Gasteiger partial charge on any atom is 0.275 e. The number of nitrogens with one attached hydrogen (secondary N) is 4. The third kappa shape index (κ3) is 5.25. The lowest BCUT2D eigenvalue weighted by atomic mass is 10.1. The van der Waals surface area contributed by atoms with Gasteiger partial charge in [-0.3, -0.25) is 14.6 Å². The molecule has 1 aliphatic rings. The average Bonchev–Trinajstić information content (AvgIpc) is 3.35. The Morgan fingerprint density at radius 3 is 2.50 bits per heavy atom. The molecule has 6 N–H and O–H groups in total. The van der Waals surface area contributed by atoms with Crippen LogP contribution in [0, 0.1) is 5.41 Å². The van der Waals surface area contributed by atoms with Crippen LogP contribution in [0.3, 0.4) is 0 Å². The summed E-state index contributed by atoms with van der Waals surface area (Å²) in [6.07, 6.45) is 3.02. The van der Waals surface area contributed by atoms with Gasteiger partial charge in [0.2, 0.25) is 5.91 Å². The zero-order chi connectivity index (χ0) is 25.8. The molecule has 0 saturated heterocycles. The van der Waals surface area contributed by atoms with Crippen molar-refractivity contribution in [3.05, 3.63) is 53.2 Å². The van der Waals surface area contributed by atoms with Crippen LogP contribution >= 0.6 is 0 Å². The summed E-state index contributed by atoms with van der Waals surface area (Å²) in [5, 5.41) is 18.3. The van der Waals surface area contributed by atoms with Crippen LogP contribution in [-0.2, 0) is 22.7 Å². The second-order valence-electron chi connectivity index (χ2n) is 8.31. The maximum absolute atomic E-state index is 13.0. The Hall–Kier alpha value is -4.13. The van der Waals surface area contributed by atoms with Gasteiger partial charge in [0.1, 0.15) is 35.0 Å². The largest absolute Gasteiger partial charge is 0.372 e. The highest BCUT2D eigenvalue weighted by molar-refractivity contribution is 6.04. The molecule has 1 aliphatic heterocycles.